The lowest BCUT2D eigenvalue weighted by atomic mass is 9.49. The first-order valence-electron chi connectivity index (χ1n) is 11.6. The van der Waals surface area contributed by atoms with E-state index in [2.05, 4.69) is 22.9 Å². The Morgan fingerprint density at radius 3 is 2.46 bits per heavy atom. The zero-order valence-corrected chi connectivity index (χ0v) is 18.4. The quantitative estimate of drug-likeness (QED) is 0.677. The Morgan fingerprint density at radius 1 is 1.18 bits per heavy atom. The van der Waals surface area contributed by atoms with Crippen molar-refractivity contribution in [2.45, 2.75) is 97.4 Å². The molecule has 1 saturated heterocycles. The highest BCUT2D eigenvalue weighted by molar-refractivity contribution is 5.79. The Hall–Kier alpha value is -1.29. The van der Waals surface area contributed by atoms with Crippen molar-refractivity contribution >= 4 is 5.78 Å². The molecule has 4 heteroatoms. The number of piperidine rings is 1. The predicted octanol–water partition coefficient (Wildman–Crippen LogP) is 5.17. The molecule has 4 rings (SSSR count). The van der Waals surface area contributed by atoms with Crippen molar-refractivity contribution in [3.8, 4) is 0 Å². The van der Waals surface area contributed by atoms with Gasteiger partial charge < -0.3 is 4.90 Å². The number of Topliss-reactive ketones (excluding diaryl/α,β-unsaturated/α-hetero) is 1. The lowest BCUT2D eigenvalue weighted by molar-refractivity contribution is -0.139. The number of unbranched alkanes of at least 4 members (excludes halogenated alkanes) is 1. The van der Waals surface area contributed by atoms with Gasteiger partial charge in [-0.1, -0.05) is 27.2 Å². The maximum atomic E-state index is 11.5. The summed E-state index contributed by atoms with van der Waals surface area (Å²) in [5, 5.41) is 0. The third-order valence-electron chi connectivity index (χ3n) is 7.22. The Labute approximate surface area is 171 Å². The highest BCUT2D eigenvalue weighted by atomic mass is 16.1. The summed E-state index contributed by atoms with van der Waals surface area (Å²) < 4.78 is 0. The number of aryl methyl sites for hydroxylation is 1. The summed E-state index contributed by atoms with van der Waals surface area (Å²) in [6.07, 6.45) is 12.8. The summed E-state index contributed by atoms with van der Waals surface area (Å²) in [6, 6.07) is 2.90. The largest absolute Gasteiger partial charge is 0.300 e. The third kappa shape index (κ3) is 4.64. The molecule has 28 heavy (non-hydrogen) atoms. The van der Waals surface area contributed by atoms with Crippen LogP contribution in [0.3, 0.4) is 0 Å². The molecule has 2 aliphatic carbocycles. The van der Waals surface area contributed by atoms with Crippen LogP contribution in [0, 0.1) is 11.3 Å². The molecular weight excluding hydrogens is 346 g/mol. The average molecular weight is 386 g/mol. The van der Waals surface area contributed by atoms with E-state index in [1.807, 2.05) is 20.0 Å². The van der Waals surface area contributed by atoms with Crippen molar-refractivity contribution in [2.75, 3.05) is 13.1 Å². The standard InChI is InChI=1S/C22H33N3O.C2H6/c1-3-4-5-21-23-9-6-20(24-21)17-7-10-25(11-8-17)19-14-22(15-19)12-18(13-22)16(2)26;1-2/h6,9,17-19H,3-5,7-8,10-15H2,1-2H3;1-2H3. The minimum absolute atomic E-state index is 0.376. The summed E-state index contributed by atoms with van der Waals surface area (Å²) >= 11 is 0. The van der Waals surface area contributed by atoms with Crippen molar-refractivity contribution in [3.63, 3.8) is 0 Å². The fourth-order valence-corrected chi connectivity index (χ4v) is 5.46. The van der Waals surface area contributed by atoms with Gasteiger partial charge in [0.1, 0.15) is 11.6 Å². The van der Waals surface area contributed by atoms with Crippen LogP contribution < -0.4 is 0 Å². The van der Waals surface area contributed by atoms with E-state index in [1.54, 1.807) is 6.92 Å². The van der Waals surface area contributed by atoms with E-state index in [0.717, 1.165) is 31.1 Å². The van der Waals surface area contributed by atoms with Crippen molar-refractivity contribution < 1.29 is 4.79 Å². The van der Waals surface area contributed by atoms with E-state index in [-0.39, 0.29) is 0 Å². The van der Waals surface area contributed by atoms with Gasteiger partial charge in [0.15, 0.2) is 0 Å². The summed E-state index contributed by atoms with van der Waals surface area (Å²) in [4.78, 5) is 23.5. The van der Waals surface area contributed by atoms with Crippen LogP contribution in [0.5, 0.6) is 0 Å². The minimum Gasteiger partial charge on any atom is -0.300 e. The monoisotopic (exact) mass is 385 g/mol. The molecule has 156 valence electrons. The molecule has 0 amide bonds. The van der Waals surface area contributed by atoms with Crippen LogP contribution in [0.15, 0.2) is 12.3 Å². The minimum atomic E-state index is 0.376. The van der Waals surface area contributed by atoms with Crippen LogP contribution in [-0.2, 0) is 11.2 Å². The molecule has 1 aromatic heterocycles. The van der Waals surface area contributed by atoms with Crippen LogP contribution in [0.4, 0.5) is 0 Å². The van der Waals surface area contributed by atoms with Gasteiger partial charge in [-0.15, -0.1) is 0 Å². The molecule has 0 unspecified atom stereocenters. The SMILES string of the molecule is CC.CCCCc1nccc(C2CCN(C3CC4(CC(C(C)=O)C4)C3)CC2)n1. The Bertz CT molecular complexity index is 637. The number of rotatable bonds is 6. The zero-order valence-electron chi connectivity index (χ0n) is 18.4. The second-order valence-corrected chi connectivity index (χ2v) is 9.09. The molecule has 1 aliphatic heterocycles. The molecule has 3 aliphatic rings. The maximum Gasteiger partial charge on any atom is 0.132 e. The molecule has 2 saturated carbocycles. The molecule has 1 aromatic rings. The van der Waals surface area contributed by atoms with Gasteiger partial charge in [0.05, 0.1) is 0 Å². The molecule has 0 atom stereocenters. The van der Waals surface area contributed by atoms with E-state index < -0.39 is 0 Å². The summed E-state index contributed by atoms with van der Waals surface area (Å²) in [5.41, 5.74) is 1.80. The van der Waals surface area contributed by atoms with E-state index in [1.165, 1.54) is 57.3 Å². The lowest BCUT2D eigenvalue weighted by Crippen LogP contribution is -2.58. The van der Waals surface area contributed by atoms with Gasteiger partial charge in [-0.25, -0.2) is 9.97 Å². The van der Waals surface area contributed by atoms with Crippen LogP contribution in [0.2, 0.25) is 0 Å². The van der Waals surface area contributed by atoms with Gasteiger partial charge in [0, 0.05) is 36.2 Å². The lowest BCUT2D eigenvalue weighted by Gasteiger charge is -2.60. The molecule has 1 spiro atoms. The first-order valence-corrected chi connectivity index (χ1v) is 11.6. The fraction of sp³-hybridized carbons (Fsp3) is 0.792. The molecule has 0 radical (unpaired) electrons. The highest BCUT2D eigenvalue weighted by Gasteiger charge is 2.55. The van der Waals surface area contributed by atoms with Crippen LogP contribution in [0.1, 0.15) is 96.5 Å². The number of hydrogen-bond acceptors (Lipinski definition) is 4. The first-order chi connectivity index (χ1) is 13.6. The molecule has 4 nitrogen and oxygen atoms in total. The Balaban J connectivity index is 0.00000109. The van der Waals surface area contributed by atoms with Gasteiger partial charge in [0.2, 0.25) is 0 Å². The summed E-state index contributed by atoms with van der Waals surface area (Å²) in [5.74, 6) is 2.41. The molecular formula is C24H39N3O. The molecule has 0 bridgehead atoms. The van der Waals surface area contributed by atoms with Crippen molar-refractivity contribution in [3.05, 3.63) is 23.8 Å². The number of ketones is 1. The second kappa shape index (κ2) is 9.47. The molecule has 2 heterocycles. The van der Waals surface area contributed by atoms with E-state index in [9.17, 15) is 4.79 Å². The number of nitrogens with zero attached hydrogens (tertiary/aromatic N) is 3. The molecule has 3 fully saturated rings. The number of likely N-dealkylation sites (tertiary alicyclic amines) is 1. The fourth-order valence-electron chi connectivity index (χ4n) is 5.46. The van der Waals surface area contributed by atoms with E-state index >= 15 is 0 Å². The van der Waals surface area contributed by atoms with Crippen molar-refractivity contribution in [1.82, 2.24) is 14.9 Å². The van der Waals surface area contributed by atoms with Gasteiger partial charge in [0.25, 0.3) is 0 Å². The maximum absolute atomic E-state index is 11.5. The van der Waals surface area contributed by atoms with Crippen molar-refractivity contribution in [2.24, 2.45) is 11.3 Å². The number of aromatic nitrogens is 2. The smallest absolute Gasteiger partial charge is 0.132 e. The highest BCUT2D eigenvalue weighted by Crippen LogP contribution is 2.60. The van der Waals surface area contributed by atoms with Gasteiger partial charge in [-0.2, -0.15) is 0 Å². The number of carbonyl (C=O) groups excluding carboxylic acids is 1. The van der Waals surface area contributed by atoms with Crippen LogP contribution in [0.25, 0.3) is 0 Å². The second-order valence-electron chi connectivity index (χ2n) is 9.09. The topological polar surface area (TPSA) is 46.1 Å². The average Bonchev–Trinajstić information content (AvgIpc) is 2.66. The molecule has 0 aromatic carbocycles. The third-order valence-corrected chi connectivity index (χ3v) is 7.22. The zero-order chi connectivity index (χ0) is 20.1. The van der Waals surface area contributed by atoms with E-state index in [4.69, 9.17) is 4.98 Å². The van der Waals surface area contributed by atoms with Gasteiger partial charge in [-0.3, -0.25) is 4.79 Å². The Kier molecular flexibility index (Phi) is 7.25. The van der Waals surface area contributed by atoms with Gasteiger partial charge >= 0.3 is 0 Å². The normalized spacial score (nSPS) is 30.1. The summed E-state index contributed by atoms with van der Waals surface area (Å²) in [7, 11) is 0. The van der Waals surface area contributed by atoms with Crippen LogP contribution >= 0.6 is 0 Å². The van der Waals surface area contributed by atoms with E-state index in [0.29, 0.717) is 23.0 Å². The first kappa shape index (κ1) is 21.4. The summed E-state index contributed by atoms with van der Waals surface area (Å²) in [6.45, 7) is 10.4. The molecule has 0 N–H and O–H groups in total. The van der Waals surface area contributed by atoms with Gasteiger partial charge in [-0.05, 0) is 76.4 Å². The van der Waals surface area contributed by atoms with Crippen molar-refractivity contribution in [1.29, 1.82) is 0 Å². The number of hydrogen-bond donors (Lipinski definition) is 0. The number of carbonyl (C=O) groups is 1. The predicted molar refractivity (Wildman–Crippen MR) is 114 cm³/mol. The van der Waals surface area contributed by atoms with Crippen LogP contribution in [-0.4, -0.2) is 39.8 Å². The Morgan fingerprint density at radius 2 is 1.86 bits per heavy atom.